The molecule has 2 N–H and O–H groups in total. The smallest absolute Gasteiger partial charge is 0.273 e. The monoisotopic (exact) mass is 375 g/mol. The molecule has 2 aliphatic rings. The zero-order valence-corrected chi connectivity index (χ0v) is 15.5. The van der Waals surface area contributed by atoms with E-state index in [1.165, 1.54) is 0 Å². The Hall–Kier alpha value is -2.26. The molecular formula is C18H25N5O4. The fourth-order valence-electron chi connectivity index (χ4n) is 3.96. The zero-order valence-electron chi connectivity index (χ0n) is 15.5. The predicted octanol–water partition coefficient (Wildman–Crippen LogP) is 0.960. The summed E-state index contributed by atoms with van der Waals surface area (Å²) >= 11 is 0. The highest BCUT2D eigenvalue weighted by Gasteiger charge is 2.36. The molecular weight excluding hydrogens is 350 g/mol. The maximum atomic E-state index is 12.6. The number of rotatable bonds is 7. The van der Waals surface area contributed by atoms with E-state index >= 15 is 0 Å². The van der Waals surface area contributed by atoms with E-state index in [4.69, 9.17) is 9.26 Å². The minimum Gasteiger partial charge on any atom is -0.388 e. The van der Waals surface area contributed by atoms with Crippen molar-refractivity contribution in [3.63, 3.8) is 0 Å². The summed E-state index contributed by atoms with van der Waals surface area (Å²) in [6.45, 7) is 0.983. The van der Waals surface area contributed by atoms with Crippen LogP contribution in [-0.2, 0) is 30.7 Å². The van der Waals surface area contributed by atoms with Gasteiger partial charge in [0, 0.05) is 37.6 Å². The van der Waals surface area contributed by atoms with Crippen molar-refractivity contribution in [2.45, 2.75) is 63.6 Å². The number of carbonyl (C=O) groups is 1. The number of methoxy groups -OCH3 is 1. The molecule has 0 radical (unpaired) electrons. The molecule has 2 heterocycles. The second kappa shape index (κ2) is 7.77. The van der Waals surface area contributed by atoms with Gasteiger partial charge in [-0.15, -0.1) is 10.2 Å². The van der Waals surface area contributed by atoms with E-state index in [1.807, 2.05) is 4.57 Å². The van der Waals surface area contributed by atoms with Gasteiger partial charge in [-0.3, -0.25) is 4.79 Å². The summed E-state index contributed by atoms with van der Waals surface area (Å²) in [6.07, 6.45) is 5.48. The van der Waals surface area contributed by atoms with E-state index in [9.17, 15) is 9.90 Å². The summed E-state index contributed by atoms with van der Waals surface area (Å²) in [7, 11) is 1.64. The lowest BCUT2D eigenvalue weighted by molar-refractivity contribution is 0.0896. The molecule has 0 spiro atoms. The lowest BCUT2D eigenvalue weighted by Gasteiger charge is -2.35. The maximum Gasteiger partial charge on any atom is 0.273 e. The van der Waals surface area contributed by atoms with Crippen LogP contribution in [-0.4, -0.2) is 50.7 Å². The molecule has 27 heavy (non-hydrogen) atoms. The summed E-state index contributed by atoms with van der Waals surface area (Å²) in [6, 6.07) is 0.0867. The Kier molecular flexibility index (Phi) is 5.22. The van der Waals surface area contributed by atoms with Crippen LogP contribution in [0.4, 0.5) is 0 Å². The standard InChI is InChI=1S/C18H25N5O4/c1-26-7-6-23-15(10-24)20-21-17(23)11-8-12(9-11)19-18(25)16-13-4-2-3-5-14(13)27-22-16/h11-12,24H,2-10H2,1H3,(H,19,25). The van der Waals surface area contributed by atoms with Crippen LogP contribution in [0.25, 0.3) is 0 Å². The Morgan fingerprint density at radius 3 is 2.93 bits per heavy atom. The van der Waals surface area contributed by atoms with E-state index < -0.39 is 0 Å². The predicted molar refractivity (Wildman–Crippen MR) is 94.2 cm³/mol. The number of carbonyl (C=O) groups excluding carboxylic acids is 1. The molecule has 0 saturated heterocycles. The van der Waals surface area contributed by atoms with Crippen molar-refractivity contribution in [1.29, 1.82) is 0 Å². The largest absolute Gasteiger partial charge is 0.388 e. The molecule has 2 aliphatic carbocycles. The van der Waals surface area contributed by atoms with Crippen LogP contribution >= 0.6 is 0 Å². The van der Waals surface area contributed by atoms with Crippen LogP contribution in [0, 0.1) is 0 Å². The van der Waals surface area contributed by atoms with Gasteiger partial charge in [0.1, 0.15) is 18.2 Å². The molecule has 0 aliphatic heterocycles. The molecule has 9 heteroatoms. The first-order valence-corrected chi connectivity index (χ1v) is 9.51. The van der Waals surface area contributed by atoms with Gasteiger partial charge in [0.05, 0.1) is 6.61 Å². The molecule has 1 saturated carbocycles. The van der Waals surface area contributed by atoms with Gasteiger partial charge in [-0.2, -0.15) is 0 Å². The molecule has 0 unspecified atom stereocenters. The highest BCUT2D eigenvalue weighted by atomic mass is 16.5. The van der Waals surface area contributed by atoms with Gasteiger partial charge in [-0.1, -0.05) is 5.16 Å². The molecule has 0 bridgehead atoms. The SMILES string of the molecule is COCCn1c(CO)nnc1C1CC(NC(=O)c2noc3c2CCCC3)C1. The van der Waals surface area contributed by atoms with Gasteiger partial charge >= 0.3 is 0 Å². The first-order valence-electron chi connectivity index (χ1n) is 9.51. The van der Waals surface area contributed by atoms with Gasteiger partial charge in [0.25, 0.3) is 5.91 Å². The van der Waals surface area contributed by atoms with Crippen LogP contribution in [0.2, 0.25) is 0 Å². The second-order valence-electron chi connectivity index (χ2n) is 7.26. The first kappa shape index (κ1) is 18.1. The number of hydrogen-bond donors (Lipinski definition) is 2. The maximum absolute atomic E-state index is 12.6. The van der Waals surface area contributed by atoms with E-state index in [0.717, 1.165) is 55.7 Å². The van der Waals surface area contributed by atoms with Gasteiger partial charge in [-0.05, 0) is 32.1 Å². The average Bonchev–Trinajstić information content (AvgIpc) is 3.26. The third-order valence-electron chi connectivity index (χ3n) is 5.52. The molecule has 1 fully saturated rings. The highest BCUT2D eigenvalue weighted by molar-refractivity contribution is 5.94. The summed E-state index contributed by atoms with van der Waals surface area (Å²) in [4.78, 5) is 12.6. The minimum absolute atomic E-state index is 0.0867. The Bertz CT molecular complexity index is 809. The number of aliphatic hydroxyl groups is 1. The fourth-order valence-corrected chi connectivity index (χ4v) is 3.96. The Morgan fingerprint density at radius 2 is 2.15 bits per heavy atom. The molecule has 146 valence electrons. The number of hydrogen-bond acceptors (Lipinski definition) is 7. The highest BCUT2D eigenvalue weighted by Crippen LogP contribution is 2.36. The van der Waals surface area contributed by atoms with Gasteiger partial charge < -0.3 is 24.3 Å². The van der Waals surface area contributed by atoms with Crippen LogP contribution in [0.5, 0.6) is 0 Å². The summed E-state index contributed by atoms with van der Waals surface area (Å²) < 4.78 is 12.4. The van der Waals surface area contributed by atoms with Crippen molar-refractivity contribution >= 4 is 5.91 Å². The van der Waals surface area contributed by atoms with Crippen molar-refractivity contribution in [2.75, 3.05) is 13.7 Å². The lowest BCUT2D eigenvalue weighted by Crippen LogP contribution is -2.44. The van der Waals surface area contributed by atoms with E-state index in [2.05, 4.69) is 20.7 Å². The third-order valence-corrected chi connectivity index (χ3v) is 5.52. The quantitative estimate of drug-likeness (QED) is 0.740. The molecule has 9 nitrogen and oxygen atoms in total. The number of aliphatic hydroxyl groups excluding tert-OH is 1. The number of nitrogens with zero attached hydrogens (tertiary/aromatic N) is 4. The zero-order chi connectivity index (χ0) is 18.8. The first-order chi connectivity index (χ1) is 13.2. The van der Waals surface area contributed by atoms with Gasteiger partial charge in [0.15, 0.2) is 11.5 Å². The number of aryl methyl sites for hydroxylation is 1. The van der Waals surface area contributed by atoms with Crippen molar-refractivity contribution in [3.05, 3.63) is 28.7 Å². The van der Waals surface area contributed by atoms with Crippen molar-refractivity contribution in [1.82, 2.24) is 25.2 Å². The normalized spacial score (nSPS) is 21.6. The second-order valence-corrected chi connectivity index (χ2v) is 7.26. The number of aromatic nitrogens is 4. The molecule has 0 aromatic carbocycles. The molecule has 2 aromatic rings. The lowest BCUT2D eigenvalue weighted by atomic mass is 9.79. The van der Waals surface area contributed by atoms with Crippen LogP contribution < -0.4 is 5.32 Å². The summed E-state index contributed by atoms with van der Waals surface area (Å²) in [5, 5.41) is 24.8. The van der Waals surface area contributed by atoms with E-state index in [1.54, 1.807) is 7.11 Å². The summed E-state index contributed by atoms with van der Waals surface area (Å²) in [5.74, 6) is 2.32. The fraction of sp³-hybridized carbons (Fsp3) is 0.667. The molecule has 0 atom stereocenters. The van der Waals surface area contributed by atoms with E-state index in [-0.39, 0.29) is 24.5 Å². The molecule has 1 amide bonds. The molecule has 2 aromatic heterocycles. The number of amides is 1. The minimum atomic E-state index is -0.152. The van der Waals surface area contributed by atoms with Crippen LogP contribution in [0.1, 0.15) is 65.1 Å². The van der Waals surface area contributed by atoms with E-state index in [0.29, 0.717) is 24.7 Å². The summed E-state index contributed by atoms with van der Waals surface area (Å²) in [5.41, 5.74) is 1.42. The molecule has 4 rings (SSSR count). The van der Waals surface area contributed by atoms with Gasteiger partial charge in [-0.25, -0.2) is 0 Å². The Labute approximate surface area is 157 Å². The Balaban J connectivity index is 1.37. The van der Waals surface area contributed by atoms with Crippen LogP contribution in [0.3, 0.4) is 0 Å². The topological polar surface area (TPSA) is 115 Å². The Morgan fingerprint density at radius 1 is 1.33 bits per heavy atom. The number of ether oxygens (including phenoxy) is 1. The van der Waals surface area contributed by atoms with Crippen molar-refractivity contribution in [3.8, 4) is 0 Å². The average molecular weight is 375 g/mol. The third kappa shape index (κ3) is 3.49. The number of nitrogens with one attached hydrogen (secondary N) is 1. The van der Waals surface area contributed by atoms with Gasteiger partial charge in [0.2, 0.25) is 0 Å². The van der Waals surface area contributed by atoms with Crippen LogP contribution in [0.15, 0.2) is 4.52 Å². The van der Waals surface area contributed by atoms with Crippen molar-refractivity contribution < 1.29 is 19.2 Å². The van der Waals surface area contributed by atoms with Crippen molar-refractivity contribution in [2.24, 2.45) is 0 Å². The number of fused-ring (bicyclic) bond motifs is 1.